The normalized spacial score (nSPS) is 16.9. The number of hydrogen-bond acceptors (Lipinski definition) is 2. The highest BCUT2D eigenvalue weighted by Gasteiger charge is 2.21. The molecule has 1 aromatic carbocycles. The highest BCUT2D eigenvalue weighted by molar-refractivity contribution is 5.96. The van der Waals surface area contributed by atoms with Gasteiger partial charge in [0.2, 0.25) is 0 Å². The summed E-state index contributed by atoms with van der Waals surface area (Å²) in [6.45, 7) is 2.20. The van der Waals surface area contributed by atoms with Crippen molar-refractivity contribution in [1.29, 1.82) is 0 Å². The zero-order valence-corrected chi connectivity index (χ0v) is 12.4. The first kappa shape index (κ1) is 15.0. The lowest BCUT2D eigenvalue weighted by Crippen LogP contribution is -2.00. The zero-order chi connectivity index (χ0) is 14.4. The number of benzene rings is 1. The molecule has 1 aromatic rings. The van der Waals surface area contributed by atoms with E-state index in [0.717, 1.165) is 37.5 Å². The topological polar surface area (TPSA) is 34.1 Å². The molecule has 0 N–H and O–H groups in total. The fraction of sp³-hybridized carbons (Fsp3) is 0.556. The predicted molar refractivity (Wildman–Crippen MR) is 81.1 cm³/mol. The van der Waals surface area contributed by atoms with Crippen LogP contribution >= 0.6 is 0 Å². The average molecular weight is 272 g/mol. The molecule has 20 heavy (non-hydrogen) atoms. The van der Waals surface area contributed by atoms with Crippen molar-refractivity contribution in [3.8, 4) is 0 Å². The number of Topliss-reactive ketones (excluding diaryl/α,β-unsaturated/α-hetero) is 1. The van der Waals surface area contributed by atoms with Crippen LogP contribution in [0, 0.1) is 5.92 Å². The van der Waals surface area contributed by atoms with E-state index in [4.69, 9.17) is 0 Å². The smallest absolute Gasteiger partial charge is 0.162 e. The van der Waals surface area contributed by atoms with Gasteiger partial charge < -0.3 is 4.79 Å². The third-order valence-electron chi connectivity index (χ3n) is 4.19. The van der Waals surface area contributed by atoms with Gasteiger partial charge in [-0.2, -0.15) is 0 Å². The summed E-state index contributed by atoms with van der Waals surface area (Å²) in [5, 5.41) is 0. The number of unbranched alkanes of at least 4 members (excludes halogenated alkanes) is 4. The Morgan fingerprint density at radius 1 is 1.15 bits per heavy atom. The second-order valence-corrected chi connectivity index (χ2v) is 5.88. The molecule has 1 aliphatic carbocycles. The molecule has 1 unspecified atom stereocenters. The molecule has 1 atom stereocenters. The fourth-order valence-corrected chi connectivity index (χ4v) is 2.96. The maximum Gasteiger partial charge on any atom is 0.162 e. The van der Waals surface area contributed by atoms with E-state index in [2.05, 4.69) is 6.92 Å². The van der Waals surface area contributed by atoms with Crippen LogP contribution in [-0.4, -0.2) is 12.1 Å². The van der Waals surface area contributed by atoms with Gasteiger partial charge in [0, 0.05) is 17.9 Å². The molecule has 0 aromatic heterocycles. The third kappa shape index (κ3) is 3.78. The van der Waals surface area contributed by atoms with Crippen LogP contribution in [0.1, 0.15) is 66.9 Å². The molecule has 0 bridgehead atoms. The lowest BCUT2D eigenvalue weighted by molar-refractivity contribution is -0.110. The lowest BCUT2D eigenvalue weighted by atomic mass is 10.00. The van der Waals surface area contributed by atoms with Crippen molar-refractivity contribution in [3.05, 3.63) is 34.9 Å². The summed E-state index contributed by atoms with van der Waals surface area (Å²) in [6, 6.07) is 5.97. The van der Waals surface area contributed by atoms with E-state index < -0.39 is 0 Å². The number of aldehydes is 1. The van der Waals surface area contributed by atoms with Crippen molar-refractivity contribution < 1.29 is 9.59 Å². The number of rotatable bonds is 8. The fourth-order valence-electron chi connectivity index (χ4n) is 2.96. The van der Waals surface area contributed by atoms with Crippen LogP contribution in [0.5, 0.6) is 0 Å². The monoisotopic (exact) mass is 272 g/mol. The maximum atomic E-state index is 12.2. The minimum absolute atomic E-state index is 0.115. The Kier molecular flexibility index (Phi) is 5.51. The predicted octanol–water partition coefficient (Wildman–Crippen LogP) is 4.14. The van der Waals surface area contributed by atoms with Crippen LogP contribution in [0.2, 0.25) is 0 Å². The highest BCUT2D eigenvalue weighted by Crippen LogP contribution is 2.27. The van der Waals surface area contributed by atoms with Crippen LogP contribution in [-0.2, 0) is 17.6 Å². The summed E-state index contributed by atoms with van der Waals surface area (Å²) in [5.41, 5.74) is 3.26. The highest BCUT2D eigenvalue weighted by atomic mass is 16.1. The Hall–Kier alpha value is -1.44. The Labute approximate surface area is 121 Å². The second-order valence-electron chi connectivity index (χ2n) is 5.88. The van der Waals surface area contributed by atoms with Gasteiger partial charge >= 0.3 is 0 Å². The Morgan fingerprint density at radius 2 is 1.90 bits per heavy atom. The van der Waals surface area contributed by atoms with Crippen molar-refractivity contribution in [2.24, 2.45) is 5.92 Å². The summed E-state index contributed by atoms with van der Waals surface area (Å²) in [7, 11) is 0. The first-order valence-electron chi connectivity index (χ1n) is 7.85. The van der Waals surface area contributed by atoms with Crippen molar-refractivity contribution in [1.82, 2.24) is 0 Å². The average Bonchev–Trinajstić information content (AvgIpc) is 2.88. The molecular formula is C18H24O2. The molecule has 0 saturated heterocycles. The molecule has 108 valence electrons. The SMILES string of the molecule is CCCCCCCC(=O)c1ccc2c(c1)CC(C=O)C2. The molecular weight excluding hydrogens is 248 g/mol. The zero-order valence-electron chi connectivity index (χ0n) is 12.4. The summed E-state index contributed by atoms with van der Waals surface area (Å²) in [6.07, 6.45) is 9.20. The summed E-state index contributed by atoms with van der Waals surface area (Å²) >= 11 is 0. The third-order valence-corrected chi connectivity index (χ3v) is 4.19. The molecule has 1 aliphatic rings. The molecule has 0 spiro atoms. The summed E-state index contributed by atoms with van der Waals surface area (Å²) in [4.78, 5) is 23.0. The molecule has 0 aliphatic heterocycles. The molecule has 2 heteroatoms. The van der Waals surface area contributed by atoms with E-state index in [0.29, 0.717) is 6.42 Å². The quantitative estimate of drug-likeness (QED) is 0.405. The molecule has 0 saturated carbocycles. The number of carbonyl (C=O) groups excluding carboxylic acids is 2. The largest absolute Gasteiger partial charge is 0.303 e. The van der Waals surface area contributed by atoms with Crippen molar-refractivity contribution >= 4 is 12.1 Å². The van der Waals surface area contributed by atoms with E-state index in [-0.39, 0.29) is 11.7 Å². The van der Waals surface area contributed by atoms with Gasteiger partial charge in [0.05, 0.1) is 0 Å². The van der Waals surface area contributed by atoms with E-state index >= 15 is 0 Å². The lowest BCUT2D eigenvalue weighted by Gasteiger charge is -2.04. The van der Waals surface area contributed by atoms with Gasteiger partial charge in [0.25, 0.3) is 0 Å². The number of hydrogen-bond donors (Lipinski definition) is 0. The molecule has 2 rings (SSSR count). The maximum absolute atomic E-state index is 12.2. The van der Waals surface area contributed by atoms with Gasteiger partial charge in [0.1, 0.15) is 6.29 Å². The van der Waals surface area contributed by atoms with Gasteiger partial charge in [-0.25, -0.2) is 0 Å². The first-order chi connectivity index (χ1) is 9.74. The van der Waals surface area contributed by atoms with Crippen molar-refractivity contribution in [2.45, 2.75) is 58.3 Å². The van der Waals surface area contributed by atoms with E-state index in [9.17, 15) is 9.59 Å². The number of fused-ring (bicyclic) bond motifs is 1. The molecule has 0 fully saturated rings. The molecule has 0 radical (unpaired) electrons. The van der Waals surface area contributed by atoms with E-state index in [1.54, 1.807) is 0 Å². The van der Waals surface area contributed by atoms with E-state index in [1.807, 2.05) is 18.2 Å². The summed E-state index contributed by atoms with van der Waals surface area (Å²) < 4.78 is 0. The van der Waals surface area contributed by atoms with Gasteiger partial charge in [-0.05, 0) is 36.5 Å². The molecule has 0 amide bonds. The summed E-state index contributed by atoms with van der Waals surface area (Å²) in [5.74, 6) is 0.364. The number of carbonyl (C=O) groups is 2. The van der Waals surface area contributed by atoms with Crippen molar-refractivity contribution in [2.75, 3.05) is 0 Å². The standard InChI is InChI=1S/C18H24O2/c1-2-3-4-5-6-7-18(20)16-9-8-15-10-14(13-19)11-17(15)12-16/h8-9,12-14H,2-7,10-11H2,1H3. The van der Waals surface area contributed by atoms with Gasteiger partial charge in [-0.1, -0.05) is 44.7 Å². The van der Waals surface area contributed by atoms with Crippen molar-refractivity contribution in [3.63, 3.8) is 0 Å². The van der Waals surface area contributed by atoms with Crippen LogP contribution in [0.4, 0.5) is 0 Å². The minimum Gasteiger partial charge on any atom is -0.303 e. The first-order valence-corrected chi connectivity index (χ1v) is 7.85. The minimum atomic E-state index is 0.115. The number of ketones is 1. The van der Waals surface area contributed by atoms with Gasteiger partial charge in [-0.3, -0.25) is 4.79 Å². The Balaban J connectivity index is 1.87. The van der Waals surface area contributed by atoms with Gasteiger partial charge in [-0.15, -0.1) is 0 Å². The molecule has 0 heterocycles. The molecule has 2 nitrogen and oxygen atoms in total. The Bertz CT molecular complexity index is 476. The Morgan fingerprint density at radius 3 is 2.65 bits per heavy atom. The van der Waals surface area contributed by atoms with E-state index in [1.165, 1.54) is 30.4 Å². The van der Waals surface area contributed by atoms with Gasteiger partial charge in [0.15, 0.2) is 5.78 Å². The van der Waals surface area contributed by atoms with Crippen LogP contribution in [0.3, 0.4) is 0 Å². The van der Waals surface area contributed by atoms with Crippen LogP contribution in [0.25, 0.3) is 0 Å². The van der Waals surface area contributed by atoms with Crippen LogP contribution in [0.15, 0.2) is 18.2 Å². The second kappa shape index (κ2) is 7.37. The van der Waals surface area contributed by atoms with Crippen LogP contribution < -0.4 is 0 Å².